The maximum Gasteiger partial charge on any atom is 0.418 e. The highest BCUT2D eigenvalue weighted by molar-refractivity contribution is 5.80. The van der Waals surface area contributed by atoms with Crippen molar-refractivity contribution in [3.8, 4) is 34.9 Å². The van der Waals surface area contributed by atoms with E-state index in [1.807, 2.05) is 17.0 Å². The first-order valence-corrected chi connectivity index (χ1v) is 15.4. The molecule has 46 heavy (non-hydrogen) atoms. The highest BCUT2D eigenvalue weighted by atomic mass is 19.4. The molecule has 5 heterocycles. The molecule has 2 N–H and O–H groups in total. The number of nitriles is 1. The minimum Gasteiger partial charge on any atom is -0.491 e. The van der Waals surface area contributed by atoms with Crippen LogP contribution in [0.5, 0.6) is 5.75 Å². The number of rotatable bonds is 2. The van der Waals surface area contributed by atoms with E-state index in [0.717, 1.165) is 42.6 Å². The van der Waals surface area contributed by atoms with Gasteiger partial charge in [-0.1, -0.05) is 17.1 Å². The number of pyridine rings is 1. The number of halogens is 3. The third kappa shape index (κ3) is 4.68. The summed E-state index contributed by atoms with van der Waals surface area (Å²) in [6.45, 7) is 7.00. The van der Waals surface area contributed by atoms with Crippen LogP contribution in [0.1, 0.15) is 66.1 Å². The number of alkyl halides is 3. The van der Waals surface area contributed by atoms with Crippen LogP contribution < -0.4 is 10.5 Å². The number of nitrogens with two attached hydrogens (primary N) is 1. The molecule has 1 aromatic carbocycles. The molecule has 0 radical (unpaired) electrons. The quantitative estimate of drug-likeness (QED) is 0.396. The summed E-state index contributed by atoms with van der Waals surface area (Å²) < 4.78 is 49.5. The van der Waals surface area contributed by atoms with Crippen molar-refractivity contribution in [1.29, 1.82) is 5.26 Å². The molecular formula is C33H33F3N8O2. The zero-order chi connectivity index (χ0) is 32.5. The Morgan fingerprint density at radius 2 is 2.00 bits per heavy atom. The minimum absolute atomic E-state index is 0.00000667. The first-order valence-electron chi connectivity index (χ1n) is 15.4. The number of aromatic nitrogens is 4. The third-order valence-corrected chi connectivity index (χ3v) is 10.1. The molecule has 7 rings (SSSR count). The third-order valence-electron chi connectivity index (χ3n) is 10.1. The summed E-state index contributed by atoms with van der Waals surface area (Å²) in [5.74, 6) is 6.82. The predicted molar refractivity (Wildman–Crippen MR) is 161 cm³/mol. The van der Waals surface area contributed by atoms with Crippen LogP contribution in [0.3, 0.4) is 0 Å². The smallest absolute Gasteiger partial charge is 0.418 e. The molecule has 3 fully saturated rings. The van der Waals surface area contributed by atoms with Crippen molar-refractivity contribution in [3.05, 3.63) is 51.8 Å². The van der Waals surface area contributed by atoms with Gasteiger partial charge in [-0.15, -0.1) is 11.0 Å². The largest absolute Gasteiger partial charge is 0.491 e. The second-order valence-corrected chi connectivity index (χ2v) is 13.0. The number of carbonyl (C=O) groups excluding carboxylic acids is 1. The Morgan fingerprint density at radius 1 is 1.22 bits per heavy atom. The van der Waals surface area contributed by atoms with E-state index >= 15 is 0 Å². The van der Waals surface area contributed by atoms with Gasteiger partial charge in [0.25, 0.3) is 0 Å². The molecule has 2 aromatic heterocycles. The normalized spacial score (nSPS) is 24.1. The number of ether oxygens (including phenoxy) is 1. The number of likely N-dealkylation sites (tertiary alicyclic amines) is 1. The fourth-order valence-electron chi connectivity index (χ4n) is 8.20. The molecule has 10 nitrogen and oxygen atoms in total. The van der Waals surface area contributed by atoms with Crippen molar-refractivity contribution in [3.63, 3.8) is 0 Å². The first-order chi connectivity index (χ1) is 21.9. The lowest BCUT2D eigenvalue weighted by Crippen LogP contribution is -2.71. The van der Waals surface area contributed by atoms with Gasteiger partial charge in [0.2, 0.25) is 0 Å². The monoisotopic (exact) mass is 630 g/mol. The van der Waals surface area contributed by atoms with E-state index in [9.17, 15) is 18.0 Å². The maximum absolute atomic E-state index is 14.4. The molecule has 2 saturated heterocycles. The summed E-state index contributed by atoms with van der Waals surface area (Å²) in [6.07, 6.45) is 0.696. The van der Waals surface area contributed by atoms with Crippen LogP contribution in [0.2, 0.25) is 0 Å². The van der Waals surface area contributed by atoms with Gasteiger partial charge in [0.15, 0.2) is 5.69 Å². The molecule has 1 spiro atoms. The van der Waals surface area contributed by atoms with Gasteiger partial charge in [-0.25, -0.2) is 9.78 Å². The average molecular weight is 631 g/mol. The summed E-state index contributed by atoms with van der Waals surface area (Å²) in [7, 11) is 0. The number of hydrogen-bond acceptors (Lipinski definition) is 8. The molecule has 3 aromatic rings. The van der Waals surface area contributed by atoms with Crippen LogP contribution in [0.15, 0.2) is 18.3 Å². The van der Waals surface area contributed by atoms with E-state index in [-0.39, 0.29) is 51.9 Å². The van der Waals surface area contributed by atoms with Crippen LogP contribution >= 0.6 is 0 Å². The fraction of sp³-hybridized carbons (Fsp3) is 0.485. The molecular weight excluding hydrogens is 597 g/mol. The number of carbonyl (C=O) groups is 1. The van der Waals surface area contributed by atoms with Crippen LogP contribution in [0, 0.1) is 48.4 Å². The summed E-state index contributed by atoms with van der Waals surface area (Å²) in [4.78, 5) is 22.9. The van der Waals surface area contributed by atoms with E-state index in [4.69, 9.17) is 15.7 Å². The van der Waals surface area contributed by atoms with Gasteiger partial charge in [0, 0.05) is 59.4 Å². The van der Waals surface area contributed by atoms with E-state index in [2.05, 4.69) is 31.9 Å². The van der Waals surface area contributed by atoms with Crippen LogP contribution in [-0.2, 0) is 12.7 Å². The zero-order valence-electron chi connectivity index (χ0n) is 25.8. The van der Waals surface area contributed by atoms with Gasteiger partial charge in [-0.2, -0.15) is 23.5 Å². The molecule has 1 amide bonds. The van der Waals surface area contributed by atoms with E-state index in [0.29, 0.717) is 42.5 Å². The Kier molecular flexibility index (Phi) is 7.01. The molecule has 3 atom stereocenters. The second kappa shape index (κ2) is 10.7. The number of amides is 1. The van der Waals surface area contributed by atoms with Crippen molar-refractivity contribution in [2.75, 3.05) is 25.4 Å². The predicted octanol–water partition coefficient (Wildman–Crippen LogP) is 4.91. The molecule has 4 aliphatic rings. The number of anilines is 1. The van der Waals surface area contributed by atoms with Crippen molar-refractivity contribution >= 4 is 11.8 Å². The molecule has 1 saturated carbocycles. The van der Waals surface area contributed by atoms with E-state index in [1.165, 1.54) is 19.2 Å². The van der Waals surface area contributed by atoms with Crippen LogP contribution in [0.4, 0.5) is 23.8 Å². The topological polar surface area (TPSA) is 126 Å². The molecule has 3 unspecified atom stereocenters. The van der Waals surface area contributed by atoms with Gasteiger partial charge < -0.3 is 15.4 Å². The Labute approximate surface area is 264 Å². The molecule has 0 bridgehead atoms. The molecule has 238 valence electrons. The van der Waals surface area contributed by atoms with Crippen molar-refractivity contribution in [1.82, 2.24) is 29.8 Å². The van der Waals surface area contributed by atoms with Crippen LogP contribution in [-0.4, -0.2) is 67.6 Å². The minimum atomic E-state index is -4.64. The summed E-state index contributed by atoms with van der Waals surface area (Å²) >= 11 is 0. The molecule has 13 heteroatoms. The lowest BCUT2D eigenvalue weighted by Gasteiger charge is -2.60. The van der Waals surface area contributed by atoms with Gasteiger partial charge in [0.05, 0.1) is 17.5 Å². The summed E-state index contributed by atoms with van der Waals surface area (Å²) in [6, 6.07) is 4.75. The van der Waals surface area contributed by atoms with E-state index in [1.54, 1.807) is 13.8 Å². The number of fused-ring (bicyclic) bond motifs is 2. The Balaban J connectivity index is 1.22. The SMILES string of the molecule is CC#Cc1cc2c(c(C)c1-c1nc(N)cc(C)c1C(F)(F)F)OCC1CC3(CN1C2)CN(C(=O)n1ncc(C#N)n1)C3C1CCC1. The highest BCUT2D eigenvalue weighted by Crippen LogP contribution is 2.55. The molecule has 3 aliphatic heterocycles. The Morgan fingerprint density at radius 3 is 2.65 bits per heavy atom. The van der Waals surface area contributed by atoms with Crippen molar-refractivity contribution in [2.24, 2.45) is 11.3 Å². The lowest BCUT2D eigenvalue weighted by molar-refractivity contribution is -0.137. The maximum atomic E-state index is 14.4. The van der Waals surface area contributed by atoms with Crippen molar-refractivity contribution in [2.45, 2.75) is 71.3 Å². The molecule has 1 aliphatic carbocycles. The van der Waals surface area contributed by atoms with E-state index < -0.39 is 11.7 Å². The summed E-state index contributed by atoms with van der Waals surface area (Å²) in [5.41, 5.74) is 6.97. The number of nitrogen functional groups attached to an aromatic ring is 1. The Bertz CT molecular complexity index is 1860. The first kappa shape index (κ1) is 30.1. The fourth-order valence-corrected chi connectivity index (χ4v) is 8.20. The number of aryl methyl sites for hydroxylation is 1. The van der Waals surface area contributed by atoms with Crippen molar-refractivity contribution < 1.29 is 22.7 Å². The highest BCUT2D eigenvalue weighted by Gasteiger charge is 2.63. The number of benzene rings is 1. The standard InChI is InChI=1S/C33H33F3N8O2/c1-4-6-21-10-22-14-42-16-32(17-43(30(32)20-7-5-8-20)31(45)44-39-13-23(12-37)41-44)11-24(42)15-46-29(22)19(3)26(21)28-27(33(34,35)36)18(2)9-25(38)40-28/h9-10,13,20,24,30H,5,7-8,11,14-17H2,1-3H3,(H2,38,40). The number of hydrogen-bond donors (Lipinski definition) is 1. The zero-order valence-corrected chi connectivity index (χ0v) is 25.8. The second-order valence-electron chi connectivity index (χ2n) is 13.0. The number of nitrogens with zero attached hydrogens (tertiary/aromatic N) is 7. The van der Waals surface area contributed by atoms with Gasteiger partial charge >= 0.3 is 12.2 Å². The van der Waals surface area contributed by atoms with Gasteiger partial charge in [0.1, 0.15) is 24.2 Å². The van der Waals surface area contributed by atoms with Crippen LogP contribution in [0.25, 0.3) is 11.3 Å². The Hall–Kier alpha value is -4.62. The van der Waals surface area contributed by atoms with Gasteiger partial charge in [-0.3, -0.25) is 4.90 Å². The summed E-state index contributed by atoms with van der Waals surface area (Å²) in [5, 5.41) is 17.2. The average Bonchev–Trinajstić information content (AvgIpc) is 3.54. The van der Waals surface area contributed by atoms with Gasteiger partial charge in [-0.05, 0) is 63.6 Å². The lowest BCUT2D eigenvalue weighted by atomic mass is 9.60.